The standard InChI is InChI=1S/C12H16Cl2O2/c13-11(14)8-3-1-2-5-9-6-4-7-10(15)12(9)16/h4,6-7,11,15-16H,1-3,5,8H2. The summed E-state index contributed by atoms with van der Waals surface area (Å²) >= 11 is 11.2. The van der Waals surface area contributed by atoms with Gasteiger partial charge in [-0.1, -0.05) is 25.0 Å². The van der Waals surface area contributed by atoms with Crippen LogP contribution in [0.1, 0.15) is 31.2 Å². The summed E-state index contributed by atoms with van der Waals surface area (Å²) in [6.45, 7) is 0. The fraction of sp³-hybridized carbons (Fsp3) is 0.500. The maximum atomic E-state index is 9.55. The highest BCUT2D eigenvalue weighted by Crippen LogP contribution is 2.29. The van der Waals surface area contributed by atoms with Gasteiger partial charge in [0.15, 0.2) is 11.5 Å². The van der Waals surface area contributed by atoms with Gasteiger partial charge in [0.2, 0.25) is 0 Å². The van der Waals surface area contributed by atoms with Crippen molar-refractivity contribution in [2.75, 3.05) is 0 Å². The molecule has 2 nitrogen and oxygen atoms in total. The van der Waals surface area contributed by atoms with Crippen LogP contribution in [0.25, 0.3) is 0 Å². The maximum Gasteiger partial charge on any atom is 0.160 e. The second-order valence-electron chi connectivity index (χ2n) is 3.78. The minimum Gasteiger partial charge on any atom is -0.504 e. The second kappa shape index (κ2) is 6.87. The van der Waals surface area contributed by atoms with E-state index in [-0.39, 0.29) is 16.3 Å². The van der Waals surface area contributed by atoms with Crippen LogP contribution in [0.15, 0.2) is 18.2 Å². The summed E-state index contributed by atoms with van der Waals surface area (Å²) in [5.41, 5.74) is 0.785. The van der Waals surface area contributed by atoms with Gasteiger partial charge in [-0.3, -0.25) is 0 Å². The number of phenols is 2. The molecule has 0 heterocycles. The zero-order valence-corrected chi connectivity index (χ0v) is 10.5. The first-order valence-corrected chi connectivity index (χ1v) is 6.26. The number of aryl methyl sites for hydroxylation is 1. The van der Waals surface area contributed by atoms with Crippen LogP contribution in [0, 0.1) is 0 Å². The summed E-state index contributed by atoms with van der Waals surface area (Å²) in [6, 6.07) is 5.03. The molecule has 1 aromatic rings. The summed E-state index contributed by atoms with van der Waals surface area (Å²) in [5, 5.41) is 18.8. The van der Waals surface area contributed by atoms with Crippen molar-refractivity contribution in [3.8, 4) is 11.5 Å². The van der Waals surface area contributed by atoms with Gasteiger partial charge >= 0.3 is 0 Å². The number of alkyl halides is 2. The van der Waals surface area contributed by atoms with Crippen LogP contribution < -0.4 is 0 Å². The predicted molar refractivity (Wildman–Crippen MR) is 67.4 cm³/mol. The molecular formula is C12H16Cl2O2. The molecule has 0 radical (unpaired) electrons. The fourth-order valence-electron chi connectivity index (χ4n) is 1.57. The Morgan fingerprint density at radius 1 is 1.06 bits per heavy atom. The first-order chi connectivity index (χ1) is 7.61. The van der Waals surface area contributed by atoms with Crippen molar-refractivity contribution in [2.24, 2.45) is 0 Å². The van der Waals surface area contributed by atoms with Gasteiger partial charge in [-0.25, -0.2) is 0 Å². The minimum absolute atomic E-state index is 0.00457. The Morgan fingerprint density at radius 2 is 1.81 bits per heavy atom. The zero-order valence-electron chi connectivity index (χ0n) is 9.00. The molecule has 0 saturated carbocycles. The minimum atomic E-state index is -0.283. The van der Waals surface area contributed by atoms with Crippen molar-refractivity contribution >= 4 is 23.2 Å². The molecule has 0 unspecified atom stereocenters. The lowest BCUT2D eigenvalue weighted by molar-refractivity contribution is 0.398. The fourth-order valence-corrected chi connectivity index (χ4v) is 1.88. The number of rotatable bonds is 6. The van der Waals surface area contributed by atoms with Crippen LogP contribution in [0.5, 0.6) is 11.5 Å². The SMILES string of the molecule is Oc1cccc(CCCCCC(Cl)Cl)c1O. The molecule has 16 heavy (non-hydrogen) atoms. The number of benzene rings is 1. The smallest absolute Gasteiger partial charge is 0.160 e. The van der Waals surface area contributed by atoms with Crippen LogP contribution in [-0.2, 0) is 6.42 Å². The van der Waals surface area contributed by atoms with E-state index in [1.165, 1.54) is 6.07 Å². The Bertz CT molecular complexity index is 327. The molecular weight excluding hydrogens is 247 g/mol. The zero-order chi connectivity index (χ0) is 12.0. The van der Waals surface area contributed by atoms with E-state index in [9.17, 15) is 10.2 Å². The molecule has 0 spiro atoms. The van der Waals surface area contributed by atoms with Crippen molar-refractivity contribution in [2.45, 2.75) is 36.9 Å². The Kier molecular flexibility index (Phi) is 5.78. The normalized spacial score (nSPS) is 10.9. The van der Waals surface area contributed by atoms with Crippen molar-refractivity contribution in [1.82, 2.24) is 0 Å². The van der Waals surface area contributed by atoms with Crippen LogP contribution in [0.4, 0.5) is 0 Å². The number of hydrogen-bond acceptors (Lipinski definition) is 2. The van der Waals surface area contributed by atoms with Crippen molar-refractivity contribution in [3.05, 3.63) is 23.8 Å². The molecule has 4 heteroatoms. The second-order valence-corrected chi connectivity index (χ2v) is 5.05. The van der Waals surface area contributed by atoms with E-state index >= 15 is 0 Å². The van der Waals surface area contributed by atoms with Gasteiger partial charge in [0.1, 0.15) is 4.84 Å². The van der Waals surface area contributed by atoms with E-state index in [1.54, 1.807) is 6.07 Å². The van der Waals surface area contributed by atoms with E-state index in [1.807, 2.05) is 6.07 Å². The van der Waals surface area contributed by atoms with Crippen molar-refractivity contribution in [1.29, 1.82) is 0 Å². The van der Waals surface area contributed by atoms with Gasteiger partial charge in [-0.2, -0.15) is 0 Å². The summed E-state index contributed by atoms with van der Waals surface area (Å²) in [7, 11) is 0. The lowest BCUT2D eigenvalue weighted by Gasteiger charge is -2.06. The van der Waals surface area contributed by atoms with Crippen LogP contribution >= 0.6 is 23.2 Å². The molecule has 90 valence electrons. The monoisotopic (exact) mass is 262 g/mol. The highest BCUT2D eigenvalue weighted by atomic mass is 35.5. The first kappa shape index (κ1) is 13.5. The molecule has 0 aliphatic carbocycles. The van der Waals surface area contributed by atoms with Gasteiger partial charge in [-0.05, 0) is 30.9 Å². The van der Waals surface area contributed by atoms with Gasteiger partial charge in [-0.15, -0.1) is 23.2 Å². The van der Waals surface area contributed by atoms with Crippen LogP contribution in [-0.4, -0.2) is 15.0 Å². The highest BCUT2D eigenvalue weighted by molar-refractivity contribution is 6.44. The molecule has 0 fully saturated rings. The topological polar surface area (TPSA) is 40.5 Å². The van der Waals surface area contributed by atoms with Gasteiger partial charge in [0, 0.05) is 0 Å². The van der Waals surface area contributed by atoms with E-state index in [0.717, 1.165) is 37.7 Å². The molecule has 1 rings (SSSR count). The Labute approximate surface area is 106 Å². The van der Waals surface area contributed by atoms with Crippen molar-refractivity contribution in [3.63, 3.8) is 0 Å². The van der Waals surface area contributed by atoms with Gasteiger partial charge in [0.25, 0.3) is 0 Å². The van der Waals surface area contributed by atoms with Gasteiger partial charge < -0.3 is 10.2 Å². The average molecular weight is 263 g/mol. The predicted octanol–water partition coefficient (Wildman–Crippen LogP) is 4.00. The summed E-state index contributed by atoms with van der Waals surface area (Å²) < 4.78 is 0. The highest BCUT2D eigenvalue weighted by Gasteiger charge is 2.05. The average Bonchev–Trinajstić information content (AvgIpc) is 2.23. The summed E-state index contributed by atoms with van der Waals surface area (Å²) in [5.74, 6) is -0.0610. The molecule has 0 amide bonds. The number of aromatic hydroxyl groups is 2. The molecule has 0 aliphatic rings. The van der Waals surface area contributed by atoms with Crippen LogP contribution in [0.2, 0.25) is 0 Å². The van der Waals surface area contributed by atoms with E-state index in [4.69, 9.17) is 23.2 Å². The number of unbranched alkanes of at least 4 members (excludes halogenated alkanes) is 2. The largest absolute Gasteiger partial charge is 0.504 e. The molecule has 2 N–H and O–H groups in total. The Morgan fingerprint density at radius 3 is 2.50 bits per heavy atom. The van der Waals surface area contributed by atoms with E-state index < -0.39 is 0 Å². The maximum absolute atomic E-state index is 9.55. The summed E-state index contributed by atoms with van der Waals surface area (Å²) in [6.07, 6.45) is 4.52. The van der Waals surface area contributed by atoms with E-state index in [0.29, 0.717) is 0 Å². The molecule has 0 bridgehead atoms. The molecule has 0 saturated heterocycles. The molecule has 0 aliphatic heterocycles. The molecule has 0 atom stereocenters. The van der Waals surface area contributed by atoms with Gasteiger partial charge in [0.05, 0.1) is 0 Å². The van der Waals surface area contributed by atoms with Crippen molar-refractivity contribution < 1.29 is 10.2 Å². The number of para-hydroxylation sites is 1. The lowest BCUT2D eigenvalue weighted by atomic mass is 10.1. The number of hydrogen-bond donors (Lipinski definition) is 2. The molecule has 1 aromatic carbocycles. The van der Waals surface area contributed by atoms with E-state index in [2.05, 4.69) is 0 Å². The van der Waals surface area contributed by atoms with Crippen LogP contribution in [0.3, 0.4) is 0 Å². The first-order valence-electron chi connectivity index (χ1n) is 5.39. The Balaban J connectivity index is 2.29. The summed E-state index contributed by atoms with van der Waals surface area (Å²) in [4.78, 5) is -0.283. The lowest BCUT2D eigenvalue weighted by Crippen LogP contribution is -1.90. The third-order valence-corrected chi connectivity index (χ3v) is 2.90. The third kappa shape index (κ3) is 4.50. The molecule has 0 aromatic heterocycles. The number of phenolic OH excluding ortho intramolecular Hbond substituents is 2. The number of halogens is 2. The third-order valence-electron chi connectivity index (χ3n) is 2.47. The Hall–Kier alpha value is -0.600. The quantitative estimate of drug-likeness (QED) is 0.462.